The Morgan fingerprint density at radius 1 is 0.864 bits per heavy atom. The summed E-state index contributed by atoms with van der Waals surface area (Å²) in [6, 6.07) is 18.4. The first-order valence-corrected chi connectivity index (χ1v) is 7.05. The summed E-state index contributed by atoms with van der Waals surface area (Å²) in [6.07, 6.45) is 2.96. The van der Waals surface area contributed by atoms with Crippen molar-refractivity contribution in [1.29, 1.82) is 0 Å². The molecule has 0 aliphatic heterocycles. The van der Waals surface area contributed by atoms with E-state index in [0.29, 0.717) is 0 Å². The minimum Gasteiger partial charge on any atom is -0.326 e. The van der Waals surface area contributed by atoms with Gasteiger partial charge >= 0.3 is 0 Å². The van der Waals surface area contributed by atoms with E-state index in [1.54, 1.807) is 25.1 Å². The number of nitrogens with one attached hydrogen (secondary N) is 2. The summed E-state index contributed by atoms with van der Waals surface area (Å²) in [5.74, 6) is -0.817. The van der Waals surface area contributed by atoms with Crippen LogP contribution in [-0.2, 0) is 9.59 Å². The molecule has 4 heteroatoms. The number of benzene rings is 2. The number of rotatable bonds is 5. The Kier molecular flexibility index (Phi) is 5.49. The molecular weight excluding hydrogens is 276 g/mol. The van der Waals surface area contributed by atoms with Gasteiger partial charge < -0.3 is 10.6 Å². The molecular formula is C18H18N2O2. The van der Waals surface area contributed by atoms with E-state index >= 15 is 0 Å². The molecule has 2 amide bonds. The van der Waals surface area contributed by atoms with E-state index in [2.05, 4.69) is 10.6 Å². The molecule has 1 unspecified atom stereocenters. The van der Waals surface area contributed by atoms with Gasteiger partial charge in [-0.1, -0.05) is 49.4 Å². The fraction of sp³-hybridized carbons (Fsp3) is 0.111. The molecule has 0 saturated heterocycles. The lowest BCUT2D eigenvalue weighted by Gasteiger charge is -2.08. The van der Waals surface area contributed by atoms with Gasteiger partial charge in [0.05, 0.1) is 5.92 Å². The first-order chi connectivity index (χ1) is 10.6. The predicted octanol–water partition coefficient (Wildman–Crippen LogP) is 3.46. The van der Waals surface area contributed by atoms with Gasteiger partial charge in [0.2, 0.25) is 11.8 Å². The highest BCUT2D eigenvalue weighted by atomic mass is 16.2. The van der Waals surface area contributed by atoms with Crippen LogP contribution < -0.4 is 10.6 Å². The quantitative estimate of drug-likeness (QED) is 0.830. The molecule has 2 aromatic carbocycles. The molecule has 22 heavy (non-hydrogen) atoms. The normalized spacial score (nSPS) is 11.9. The molecule has 0 aliphatic carbocycles. The molecule has 0 spiro atoms. The van der Waals surface area contributed by atoms with Crippen LogP contribution in [0, 0.1) is 5.92 Å². The van der Waals surface area contributed by atoms with Crippen molar-refractivity contribution >= 4 is 23.2 Å². The summed E-state index contributed by atoms with van der Waals surface area (Å²) in [5.41, 5.74) is 1.46. The highest BCUT2D eigenvalue weighted by Crippen LogP contribution is 2.09. The Morgan fingerprint density at radius 3 is 1.91 bits per heavy atom. The van der Waals surface area contributed by atoms with Crippen molar-refractivity contribution in [2.24, 2.45) is 5.92 Å². The van der Waals surface area contributed by atoms with Crippen molar-refractivity contribution in [3.8, 4) is 0 Å². The van der Waals surface area contributed by atoms with Crippen LogP contribution in [0.5, 0.6) is 0 Å². The zero-order chi connectivity index (χ0) is 15.8. The van der Waals surface area contributed by atoms with Crippen LogP contribution in [0.2, 0.25) is 0 Å². The Hall–Kier alpha value is -2.88. The molecule has 0 radical (unpaired) electrons. The molecule has 0 heterocycles. The number of carbonyl (C=O) groups is 2. The predicted molar refractivity (Wildman–Crippen MR) is 88.4 cm³/mol. The second-order valence-electron chi connectivity index (χ2n) is 4.86. The van der Waals surface area contributed by atoms with Gasteiger partial charge in [-0.2, -0.15) is 0 Å². The minimum absolute atomic E-state index is 0.157. The maximum atomic E-state index is 12.0. The van der Waals surface area contributed by atoms with Crippen molar-refractivity contribution in [3.63, 3.8) is 0 Å². The van der Waals surface area contributed by atoms with E-state index < -0.39 is 5.92 Å². The molecule has 0 bridgehead atoms. The molecule has 0 aromatic heterocycles. The molecule has 0 aliphatic rings. The first-order valence-electron chi connectivity index (χ1n) is 7.05. The van der Waals surface area contributed by atoms with Crippen molar-refractivity contribution in [2.45, 2.75) is 6.92 Å². The van der Waals surface area contributed by atoms with Crippen LogP contribution in [0.3, 0.4) is 0 Å². The second kappa shape index (κ2) is 7.78. The number of carbonyl (C=O) groups excluding carboxylic acids is 2. The van der Waals surface area contributed by atoms with Gasteiger partial charge in [-0.15, -0.1) is 0 Å². The smallest absolute Gasteiger partial charge is 0.248 e. The van der Waals surface area contributed by atoms with E-state index in [1.807, 2.05) is 48.5 Å². The van der Waals surface area contributed by atoms with E-state index in [1.165, 1.54) is 6.08 Å². The van der Waals surface area contributed by atoms with Crippen LogP contribution >= 0.6 is 0 Å². The standard InChI is InChI=1S/C18H18N2O2/c1-14(18(22)20-16-10-6-3-7-11-16)12-13-17(21)19-15-8-4-2-5-9-15/h2-14H,1H3,(H,19,21)(H,20,22)/b13-12+. The number of hydrogen-bond acceptors (Lipinski definition) is 2. The molecule has 0 fully saturated rings. The summed E-state index contributed by atoms with van der Waals surface area (Å²) >= 11 is 0. The lowest BCUT2D eigenvalue weighted by molar-refractivity contribution is -0.118. The lowest BCUT2D eigenvalue weighted by Crippen LogP contribution is -2.19. The molecule has 1 atom stereocenters. The Morgan fingerprint density at radius 2 is 1.36 bits per heavy atom. The summed E-state index contributed by atoms with van der Waals surface area (Å²) < 4.78 is 0. The van der Waals surface area contributed by atoms with E-state index in [4.69, 9.17) is 0 Å². The third-order valence-electron chi connectivity index (χ3n) is 3.03. The van der Waals surface area contributed by atoms with Gasteiger partial charge in [0, 0.05) is 17.5 Å². The first kappa shape index (κ1) is 15.5. The number of anilines is 2. The van der Waals surface area contributed by atoms with Crippen molar-refractivity contribution < 1.29 is 9.59 Å². The van der Waals surface area contributed by atoms with Crippen LogP contribution in [0.25, 0.3) is 0 Å². The zero-order valence-corrected chi connectivity index (χ0v) is 12.3. The monoisotopic (exact) mass is 294 g/mol. The fourth-order valence-electron chi connectivity index (χ4n) is 1.80. The van der Waals surface area contributed by atoms with Crippen LogP contribution in [0.4, 0.5) is 11.4 Å². The van der Waals surface area contributed by atoms with Gasteiger partial charge in [-0.3, -0.25) is 9.59 Å². The minimum atomic E-state index is -0.401. The van der Waals surface area contributed by atoms with E-state index in [9.17, 15) is 9.59 Å². The summed E-state index contributed by atoms with van der Waals surface area (Å²) in [7, 11) is 0. The van der Waals surface area contributed by atoms with Gasteiger partial charge in [-0.05, 0) is 24.3 Å². The largest absolute Gasteiger partial charge is 0.326 e. The van der Waals surface area contributed by atoms with Gasteiger partial charge in [0.15, 0.2) is 0 Å². The fourth-order valence-corrected chi connectivity index (χ4v) is 1.80. The second-order valence-corrected chi connectivity index (χ2v) is 4.86. The van der Waals surface area contributed by atoms with E-state index in [-0.39, 0.29) is 11.8 Å². The maximum absolute atomic E-state index is 12.0. The maximum Gasteiger partial charge on any atom is 0.248 e. The zero-order valence-electron chi connectivity index (χ0n) is 12.3. The van der Waals surface area contributed by atoms with Crippen molar-refractivity contribution in [3.05, 3.63) is 72.8 Å². The Balaban J connectivity index is 1.86. The third-order valence-corrected chi connectivity index (χ3v) is 3.03. The highest BCUT2D eigenvalue weighted by molar-refractivity contribution is 6.00. The molecule has 0 saturated carbocycles. The van der Waals surface area contributed by atoms with Crippen LogP contribution in [0.15, 0.2) is 72.8 Å². The lowest BCUT2D eigenvalue weighted by atomic mass is 10.1. The topological polar surface area (TPSA) is 58.2 Å². The van der Waals surface area contributed by atoms with Gasteiger partial charge in [-0.25, -0.2) is 0 Å². The van der Waals surface area contributed by atoms with E-state index in [0.717, 1.165) is 11.4 Å². The number of para-hydroxylation sites is 2. The molecule has 2 N–H and O–H groups in total. The van der Waals surface area contributed by atoms with Crippen molar-refractivity contribution in [2.75, 3.05) is 10.6 Å². The van der Waals surface area contributed by atoms with Gasteiger partial charge in [0.25, 0.3) is 0 Å². The molecule has 2 rings (SSSR count). The Bertz CT molecular complexity index is 651. The molecule has 4 nitrogen and oxygen atoms in total. The van der Waals surface area contributed by atoms with Crippen LogP contribution in [-0.4, -0.2) is 11.8 Å². The summed E-state index contributed by atoms with van der Waals surface area (Å²) in [6.45, 7) is 1.74. The molecule has 2 aromatic rings. The summed E-state index contributed by atoms with van der Waals surface area (Å²) in [5, 5.41) is 5.52. The van der Waals surface area contributed by atoms with Gasteiger partial charge in [0.1, 0.15) is 0 Å². The summed E-state index contributed by atoms with van der Waals surface area (Å²) in [4.78, 5) is 23.8. The third kappa shape index (κ3) is 4.90. The Labute approximate surface area is 129 Å². The average Bonchev–Trinajstić information content (AvgIpc) is 2.54. The van der Waals surface area contributed by atoms with Crippen LogP contribution in [0.1, 0.15) is 6.92 Å². The van der Waals surface area contributed by atoms with Crippen molar-refractivity contribution in [1.82, 2.24) is 0 Å². The number of amides is 2. The SMILES string of the molecule is CC(/C=C/C(=O)Nc1ccccc1)C(=O)Nc1ccccc1. The molecule has 112 valence electrons. The highest BCUT2D eigenvalue weighted by Gasteiger charge is 2.10. The average molecular weight is 294 g/mol. The number of hydrogen-bond donors (Lipinski definition) is 2.